The monoisotopic (exact) mass is 296 g/mol. The Bertz CT molecular complexity index is 692. The Morgan fingerprint density at radius 1 is 1.14 bits per heavy atom. The molecule has 0 unspecified atom stereocenters. The van der Waals surface area contributed by atoms with E-state index in [2.05, 4.69) is 9.72 Å². The van der Waals surface area contributed by atoms with Gasteiger partial charge >= 0.3 is 6.36 Å². The van der Waals surface area contributed by atoms with Crippen molar-refractivity contribution in [3.63, 3.8) is 0 Å². The van der Waals surface area contributed by atoms with Gasteiger partial charge in [0.25, 0.3) is 0 Å². The van der Waals surface area contributed by atoms with Crippen LogP contribution in [-0.4, -0.2) is 11.3 Å². The van der Waals surface area contributed by atoms with E-state index in [1.165, 1.54) is 24.3 Å². The fraction of sp³-hybridized carbons (Fsp3) is 0.143. The molecule has 0 aliphatic carbocycles. The number of rotatable bonds is 3. The van der Waals surface area contributed by atoms with Gasteiger partial charge in [0.15, 0.2) is 0 Å². The molecule has 1 aromatic carbocycles. The van der Waals surface area contributed by atoms with Crippen LogP contribution in [0.4, 0.5) is 17.6 Å². The first-order valence-electron chi connectivity index (χ1n) is 5.78. The minimum atomic E-state index is -4.84. The summed E-state index contributed by atoms with van der Waals surface area (Å²) >= 11 is 0. The normalized spacial score (nSPS) is 11.0. The quantitative estimate of drug-likeness (QED) is 0.808. The average molecular weight is 296 g/mol. The molecule has 3 nitrogen and oxygen atoms in total. The fourth-order valence-corrected chi connectivity index (χ4v) is 1.73. The highest BCUT2D eigenvalue weighted by atomic mass is 19.4. The van der Waals surface area contributed by atoms with Gasteiger partial charge in [0, 0.05) is 5.56 Å². The van der Waals surface area contributed by atoms with Crippen molar-refractivity contribution in [2.75, 3.05) is 0 Å². The lowest BCUT2D eigenvalue weighted by Crippen LogP contribution is -2.17. The van der Waals surface area contributed by atoms with Gasteiger partial charge < -0.3 is 4.74 Å². The summed E-state index contributed by atoms with van der Waals surface area (Å²) in [4.78, 5) is 3.88. The first-order chi connectivity index (χ1) is 9.90. The van der Waals surface area contributed by atoms with Crippen LogP contribution in [0.25, 0.3) is 11.3 Å². The molecular weight excluding hydrogens is 288 g/mol. The number of nitriles is 1. The highest BCUT2D eigenvalue weighted by Gasteiger charge is 2.32. The summed E-state index contributed by atoms with van der Waals surface area (Å²) in [6.45, 7) is 0. The molecule has 0 spiro atoms. The topological polar surface area (TPSA) is 45.9 Å². The number of hydrogen-bond acceptors (Lipinski definition) is 3. The Hall–Kier alpha value is -2.62. The van der Waals surface area contributed by atoms with E-state index in [1.807, 2.05) is 0 Å². The van der Waals surface area contributed by atoms with Crippen molar-refractivity contribution < 1.29 is 22.3 Å². The molecule has 0 aliphatic heterocycles. The molecular formula is C14H8F4N2O. The van der Waals surface area contributed by atoms with Gasteiger partial charge in [-0.05, 0) is 24.3 Å². The maximum absolute atomic E-state index is 13.4. The van der Waals surface area contributed by atoms with E-state index in [4.69, 9.17) is 5.26 Å². The SMILES string of the molecule is N#CCc1nc(-c2ccccc2OC(F)(F)F)ccc1F. The van der Waals surface area contributed by atoms with Crippen LogP contribution in [0.3, 0.4) is 0 Å². The van der Waals surface area contributed by atoms with Gasteiger partial charge in [0.2, 0.25) is 0 Å². The molecule has 0 bridgehead atoms. The Balaban J connectivity index is 2.47. The van der Waals surface area contributed by atoms with Gasteiger partial charge in [0.1, 0.15) is 11.6 Å². The number of nitrogens with zero attached hydrogens (tertiary/aromatic N) is 2. The van der Waals surface area contributed by atoms with Crippen LogP contribution < -0.4 is 4.74 Å². The Morgan fingerprint density at radius 3 is 2.52 bits per heavy atom. The van der Waals surface area contributed by atoms with E-state index in [9.17, 15) is 17.6 Å². The number of pyridine rings is 1. The maximum atomic E-state index is 13.4. The number of aromatic nitrogens is 1. The third-order valence-corrected chi connectivity index (χ3v) is 2.55. The summed E-state index contributed by atoms with van der Waals surface area (Å²) in [5.41, 5.74) is 0.0346. The number of halogens is 4. The summed E-state index contributed by atoms with van der Waals surface area (Å²) in [6.07, 6.45) is -5.12. The van der Waals surface area contributed by atoms with Crippen molar-refractivity contribution in [3.8, 4) is 23.1 Å². The maximum Gasteiger partial charge on any atom is 0.573 e. The van der Waals surface area contributed by atoms with Gasteiger partial charge in [-0.25, -0.2) is 9.37 Å². The van der Waals surface area contributed by atoms with Crippen molar-refractivity contribution >= 4 is 0 Å². The third kappa shape index (κ3) is 3.69. The molecule has 0 atom stereocenters. The molecule has 0 amide bonds. The van der Waals surface area contributed by atoms with Crippen LogP contribution in [0.1, 0.15) is 5.69 Å². The zero-order valence-electron chi connectivity index (χ0n) is 10.5. The largest absolute Gasteiger partial charge is 0.573 e. The van der Waals surface area contributed by atoms with Gasteiger partial charge in [-0.3, -0.25) is 0 Å². The number of hydrogen-bond donors (Lipinski definition) is 0. The summed E-state index contributed by atoms with van der Waals surface area (Å²) in [5.74, 6) is -1.12. The van der Waals surface area contributed by atoms with Crippen LogP contribution in [0.15, 0.2) is 36.4 Å². The van der Waals surface area contributed by atoms with E-state index >= 15 is 0 Å². The lowest BCUT2D eigenvalue weighted by molar-refractivity contribution is -0.274. The highest BCUT2D eigenvalue weighted by Crippen LogP contribution is 2.33. The number of para-hydroxylation sites is 1. The highest BCUT2D eigenvalue weighted by molar-refractivity contribution is 5.67. The zero-order valence-corrected chi connectivity index (χ0v) is 10.5. The second-order valence-corrected chi connectivity index (χ2v) is 4.00. The minimum Gasteiger partial charge on any atom is -0.405 e. The van der Waals surface area contributed by atoms with E-state index in [1.54, 1.807) is 6.07 Å². The second-order valence-electron chi connectivity index (χ2n) is 4.00. The molecule has 2 rings (SSSR count). The molecule has 108 valence electrons. The Labute approximate surface area is 117 Å². The lowest BCUT2D eigenvalue weighted by atomic mass is 10.1. The lowest BCUT2D eigenvalue weighted by Gasteiger charge is -2.13. The van der Waals surface area contributed by atoms with Gasteiger partial charge in [-0.1, -0.05) is 12.1 Å². The molecule has 2 aromatic rings. The number of benzene rings is 1. The smallest absolute Gasteiger partial charge is 0.405 e. The summed E-state index contributed by atoms with van der Waals surface area (Å²) < 4.78 is 54.4. The summed E-state index contributed by atoms with van der Waals surface area (Å²) in [7, 11) is 0. The fourth-order valence-electron chi connectivity index (χ4n) is 1.73. The molecule has 1 heterocycles. The first kappa shape index (κ1) is 14.8. The average Bonchev–Trinajstić information content (AvgIpc) is 2.40. The Kier molecular flexibility index (Phi) is 4.08. The predicted octanol–water partition coefficient (Wildman–Crippen LogP) is 3.85. The van der Waals surface area contributed by atoms with Crippen LogP contribution in [0.5, 0.6) is 5.75 Å². The standard InChI is InChI=1S/C14H8F4N2O/c15-10-5-6-11(20-12(10)7-8-19)9-3-1-2-4-13(9)21-14(16,17)18/h1-6H,7H2. The van der Waals surface area contributed by atoms with Crippen LogP contribution in [-0.2, 0) is 6.42 Å². The van der Waals surface area contributed by atoms with Crippen molar-refractivity contribution in [1.29, 1.82) is 5.26 Å². The predicted molar refractivity (Wildman–Crippen MR) is 65.6 cm³/mol. The molecule has 0 radical (unpaired) electrons. The van der Waals surface area contributed by atoms with Gasteiger partial charge in [0.05, 0.1) is 23.9 Å². The van der Waals surface area contributed by atoms with Crippen molar-refractivity contribution in [2.45, 2.75) is 12.8 Å². The third-order valence-electron chi connectivity index (χ3n) is 2.55. The summed E-state index contributed by atoms with van der Waals surface area (Å²) in [5, 5.41) is 8.58. The molecule has 0 saturated heterocycles. The van der Waals surface area contributed by atoms with Crippen LogP contribution in [0, 0.1) is 17.1 Å². The molecule has 7 heteroatoms. The van der Waals surface area contributed by atoms with Gasteiger partial charge in [-0.2, -0.15) is 5.26 Å². The zero-order chi connectivity index (χ0) is 15.5. The molecule has 21 heavy (non-hydrogen) atoms. The molecule has 0 fully saturated rings. The summed E-state index contributed by atoms with van der Waals surface area (Å²) in [6, 6.07) is 9.42. The van der Waals surface area contributed by atoms with Crippen molar-refractivity contribution in [2.24, 2.45) is 0 Å². The molecule has 1 aromatic heterocycles. The van der Waals surface area contributed by atoms with E-state index < -0.39 is 17.9 Å². The van der Waals surface area contributed by atoms with Crippen LogP contribution >= 0.6 is 0 Å². The van der Waals surface area contributed by atoms with Crippen molar-refractivity contribution in [1.82, 2.24) is 4.98 Å². The molecule has 0 N–H and O–H groups in total. The molecule has 0 aliphatic rings. The number of ether oxygens (including phenoxy) is 1. The van der Waals surface area contributed by atoms with Crippen molar-refractivity contribution in [3.05, 3.63) is 47.9 Å². The van der Waals surface area contributed by atoms with E-state index in [-0.39, 0.29) is 23.4 Å². The Morgan fingerprint density at radius 2 is 1.86 bits per heavy atom. The van der Waals surface area contributed by atoms with Crippen LogP contribution in [0.2, 0.25) is 0 Å². The van der Waals surface area contributed by atoms with E-state index in [0.29, 0.717) is 0 Å². The number of alkyl halides is 3. The first-order valence-corrected chi connectivity index (χ1v) is 5.78. The van der Waals surface area contributed by atoms with Gasteiger partial charge in [-0.15, -0.1) is 13.2 Å². The second kappa shape index (κ2) is 5.79. The van der Waals surface area contributed by atoms with E-state index in [0.717, 1.165) is 12.1 Å². The molecule has 0 saturated carbocycles. The minimum absolute atomic E-state index is 0.0639.